The summed E-state index contributed by atoms with van der Waals surface area (Å²) in [6, 6.07) is 0.0243. The van der Waals surface area contributed by atoms with Crippen LogP contribution in [0.5, 0.6) is 0 Å². The number of carbonyl (C=O) groups is 1. The molecule has 0 bridgehead atoms. The molecule has 3 nitrogen and oxygen atoms in total. The van der Waals surface area contributed by atoms with E-state index in [4.69, 9.17) is 5.73 Å². The number of hydrogen-bond acceptors (Lipinski definition) is 2. The lowest BCUT2D eigenvalue weighted by Gasteiger charge is -2.42. The highest BCUT2D eigenvalue weighted by Gasteiger charge is 2.33. The van der Waals surface area contributed by atoms with Gasteiger partial charge in [0.2, 0.25) is 5.91 Å². The average Bonchev–Trinajstić information content (AvgIpc) is 2.21. The van der Waals surface area contributed by atoms with E-state index in [-0.39, 0.29) is 11.9 Å². The molecule has 4 atom stereocenters. The van der Waals surface area contributed by atoms with Gasteiger partial charge in [0.15, 0.2) is 0 Å². The van der Waals surface area contributed by atoms with Crippen LogP contribution in [-0.2, 0) is 4.79 Å². The third-order valence-corrected chi connectivity index (χ3v) is 3.64. The number of nitrogens with two attached hydrogens (primary N) is 1. The molecule has 0 radical (unpaired) electrons. The first-order valence-corrected chi connectivity index (χ1v) is 6.03. The molecule has 0 saturated carbocycles. The normalized spacial score (nSPS) is 33.9. The number of rotatable bonds is 2. The minimum Gasteiger partial charge on any atom is -0.338 e. The highest BCUT2D eigenvalue weighted by atomic mass is 16.2. The molecule has 15 heavy (non-hydrogen) atoms. The minimum atomic E-state index is -0.315. The Morgan fingerprint density at radius 2 is 2.07 bits per heavy atom. The molecule has 1 saturated heterocycles. The van der Waals surface area contributed by atoms with E-state index in [1.807, 2.05) is 11.8 Å². The van der Waals surface area contributed by atoms with E-state index in [0.29, 0.717) is 17.9 Å². The molecule has 0 aromatic heterocycles. The fourth-order valence-corrected chi connectivity index (χ4v) is 2.39. The van der Waals surface area contributed by atoms with Gasteiger partial charge in [0.05, 0.1) is 6.04 Å². The first kappa shape index (κ1) is 12.5. The Morgan fingerprint density at radius 1 is 1.47 bits per heavy atom. The molecule has 1 rings (SSSR count). The fraction of sp³-hybridized carbons (Fsp3) is 0.917. The van der Waals surface area contributed by atoms with Crippen LogP contribution in [0.2, 0.25) is 0 Å². The SMILES string of the molecule is CC[C@H](N)C(=O)N1CC(C)CC(C)C1C. The molecule has 1 fully saturated rings. The number of hydrogen-bond donors (Lipinski definition) is 1. The summed E-state index contributed by atoms with van der Waals surface area (Å²) < 4.78 is 0. The zero-order chi connectivity index (χ0) is 11.6. The molecule has 0 aromatic rings. The van der Waals surface area contributed by atoms with Crippen molar-refractivity contribution in [2.24, 2.45) is 17.6 Å². The van der Waals surface area contributed by atoms with Crippen LogP contribution in [-0.4, -0.2) is 29.4 Å². The van der Waals surface area contributed by atoms with Gasteiger partial charge in [-0.2, -0.15) is 0 Å². The van der Waals surface area contributed by atoms with Gasteiger partial charge >= 0.3 is 0 Å². The first-order valence-electron chi connectivity index (χ1n) is 6.03. The lowest BCUT2D eigenvalue weighted by atomic mass is 9.85. The third kappa shape index (κ3) is 2.71. The lowest BCUT2D eigenvalue weighted by Crippen LogP contribution is -2.53. The van der Waals surface area contributed by atoms with Crippen molar-refractivity contribution in [3.05, 3.63) is 0 Å². The summed E-state index contributed by atoms with van der Waals surface area (Å²) >= 11 is 0. The van der Waals surface area contributed by atoms with Gasteiger partial charge in [-0.1, -0.05) is 20.8 Å². The highest BCUT2D eigenvalue weighted by Crippen LogP contribution is 2.27. The Morgan fingerprint density at radius 3 is 2.60 bits per heavy atom. The number of nitrogens with zero attached hydrogens (tertiary/aromatic N) is 1. The summed E-state index contributed by atoms with van der Waals surface area (Å²) in [5, 5.41) is 0. The molecule has 1 aliphatic heterocycles. The van der Waals surface area contributed by atoms with Crippen molar-refractivity contribution >= 4 is 5.91 Å². The van der Waals surface area contributed by atoms with Crippen molar-refractivity contribution in [2.45, 2.75) is 52.6 Å². The maximum Gasteiger partial charge on any atom is 0.239 e. The summed E-state index contributed by atoms with van der Waals surface area (Å²) in [5.41, 5.74) is 5.81. The zero-order valence-electron chi connectivity index (χ0n) is 10.4. The van der Waals surface area contributed by atoms with Gasteiger partial charge < -0.3 is 10.6 Å². The molecule has 3 unspecified atom stereocenters. The second-order valence-corrected chi connectivity index (χ2v) is 5.06. The molecule has 0 spiro atoms. The van der Waals surface area contributed by atoms with E-state index in [1.54, 1.807) is 0 Å². The minimum absolute atomic E-state index is 0.128. The van der Waals surface area contributed by atoms with E-state index in [1.165, 1.54) is 6.42 Å². The van der Waals surface area contributed by atoms with E-state index >= 15 is 0 Å². The van der Waals surface area contributed by atoms with Crippen molar-refractivity contribution in [1.82, 2.24) is 4.90 Å². The van der Waals surface area contributed by atoms with Crippen molar-refractivity contribution in [2.75, 3.05) is 6.54 Å². The molecule has 0 aromatic carbocycles. The maximum atomic E-state index is 12.0. The summed E-state index contributed by atoms with van der Waals surface area (Å²) in [4.78, 5) is 14.0. The van der Waals surface area contributed by atoms with Gasteiger partial charge in [0.1, 0.15) is 0 Å². The summed E-state index contributed by atoms with van der Waals surface area (Å²) in [5.74, 6) is 1.31. The number of likely N-dealkylation sites (tertiary alicyclic amines) is 1. The van der Waals surface area contributed by atoms with Gasteiger partial charge in [-0.25, -0.2) is 0 Å². The Kier molecular flexibility index (Phi) is 4.14. The zero-order valence-corrected chi connectivity index (χ0v) is 10.4. The Balaban J connectivity index is 2.70. The highest BCUT2D eigenvalue weighted by molar-refractivity contribution is 5.82. The number of piperidine rings is 1. The lowest BCUT2D eigenvalue weighted by molar-refractivity contribution is -0.138. The molecular weight excluding hydrogens is 188 g/mol. The smallest absolute Gasteiger partial charge is 0.239 e. The van der Waals surface area contributed by atoms with Crippen molar-refractivity contribution < 1.29 is 4.79 Å². The average molecular weight is 212 g/mol. The van der Waals surface area contributed by atoms with E-state index in [2.05, 4.69) is 20.8 Å². The fourth-order valence-electron chi connectivity index (χ4n) is 2.39. The molecule has 0 aliphatic carbocycles. The van der Waals surface area contributed by atoms with Gasteiger partial charge in [-0.15, -0.1) is 0 Å². The Labute approximate surface area is 93.0 Å². The van der Waals surface area contributed by atoms with Crippen LogP contribution >= 0.6 is 0 Å². The number of carbonyl (C=O) groups excluding carboxylic acids is 1. The largest absolute Gasteiger partial charge is 0.338 e. The van der Waals surface area contributed by atoms with Crippen LogP contribution in [0.1, 0.15) is 40.5 Å². The molecule has 2 N–H and O–H groups in total. The molecular formula is C12H24N2O. The van der Waals surface area contributed by atoms with Crippen LogP contribution < -0.4 is 5.73 Å². The predicted octanol–water partition coefficient (Wildman–Crippen LogP) is 1.62. The van der Waals surface area contributed by atoms with Crippen LogP contribution in [0, 0.1) is 11.8 Å². The van der Waals surface area contributed by atoms with Gasteiger partial charge in [0, 0.05) is 12.6 Å². The Bertz CT molecular complexity index is 230. The molecule has 1 heterocycles. The second kappa shape index (κ2) is 4.97. The van der Waals surface area contributed by atoms with Crippen LogP contribution in [0.15, 0.2) is 0 Å². The van der Waals surface area contributed by atoms with Crippen molar-refractivity contribution in [3.63, 3.8) is 0 Å². The van der Waals surface area contributed by atoms with E-state index in [9.17, 15) is 4.79 Å². The summed E-state index contributed by atoms with van der Waals surface area (Å²) in [7, 11) is 0. The number of amides is 1. The summed E-state index contributed by atoms with van der Waals surface area (Å²) in [6.07, 6.45) is 1.94. The van der Waals surface area contributed by atoms with E-state index < -0.39 is 0 Å². The topological polar surface area (TPSA) is 46.3 Å². The van der Waals surface area contributed by atoms with Crippen LogP contribution in [0.3, 0.4) is 0 Å². The van der Waals surface area contributed by atoms with Crippen molar-refractivity contribution in [1.29, 1.82) is 0 Å². The molecule has 1 amide bonds. The van der Waals surface area contributed by atoms with Gasteiger partial charge in [0.25, 0.3) is 0 Å². The van der Waals surface area contributed by atoms with Crippen LogP contribution in [0.4, 0.5) is 0 Å². The second-order valence-electron chi connectivity index (χ2n) is 5.06. The maximum absolute atomic E-state index is 12.0. The van der Waals surface area contributed by atoms with Crippen molar-refractivity contribution in [3.8, 4) is 0 Å². The van der Waals surface area contributed by atoms with Gasteiger partial charge in [-0.3, -0.25) is 4.79 Å². The molecule has 1 aliphatic rings. The summed E-state index contributed by atoms with van der Waals surface area (Å²) in [6.45, 7) is 9.40. The van der Waals surface area contributed by atoms with E-state index in [0.717, 1.165) is 13.0 Å². The quantitative estimate of drug-likeness (QED) is 0.756. The standard InChI is InChI=1S/C12H24N2O/c1-5-11(13)12(15)14-7-8(2)6-9(3)10(14)4/h8-11H,5-7,13H2,1-4H3/t8?,9?,10?,11-/m0/s1. The van der Waals surface area contributed by atoms with Gasteiger partial charge in [-0.05, 0) is 31.6 Å². The molecule has 3 heteroatoms. The predicted molar refractivity (Wildman–Crippen MR) is 62.4 cm³/mol. The first-order chi connectivity index (χ1) is 6.97. The van der Waals surface area contributed by atoms with Crippen LogP contribution in [0.25, 0.3) is 0 Å². The third-order valence-electron chi connectivity index (χ3n) is 3.64. The Hall–Kier alpha value is -0.570. The molecule has 88 valence electrons. The monoisotopic (exact) mass is 212 g/mol.